The molecule has 3 nitrogen and oxygen atoms in total. The lowest BCUT2D eigenvalue weighted by Gasteiger charge is -2.18. The molecule has 1 aliphatic carbocycles. The summed E-state index contributed by atoms with van der Waals surface area (Å²) in [6.07, 6.45) is 10.2. The molecular formula is C29H35F2NO2. The Morgan fingerprint density at radius 3 is 2.35 bits per heavy atom. The molecule has 4 rings (SSSR count). The monoisotopic (exact) mass is 467 g/mol. The number of allylic oxidation sites excluding steroid dienone is 1. The Morgan fingerprint density at radius 1 is 1.06 bits per heavy atom. The fourth-order valence-corrected chi connectivity index (χ4v) is 3.70. The van der Waals surface area contributed by atoms with Crippen molar-refractivity contribution < 1.29 is 14.9 Å². The number of hydrogen-bond donors (Lipinski definition) is 0. The van der Waals surface area contributed by atoms with Gasteiger partial charge in [0.15, 0.2) is 11.6 Å². The van der Waals surface area contributed by atoms with E-state index in [4.69, 9.17) is 4.74 Å². The van der Waals surface area contributed by atoms with Gasteiger partial charge in [-0.05, 0) is 61.9 Å². The van der Waals surface area contributed by atoms with Crippen molar-refractivity contribution in [2.24, 2.45) is 13.0 Å². The van der Waals surface area contributed by atoms with Crippen LogP contribution in [0.15, 0.2) is 53.5 Å². The van der Waals surface area contributed by atoms with Crippen LogP contribution in [0.5, 0.6) is 11.5 Å². The van der Waals surface area contributed by atoms with Crippen LogP contribution in [0.1, 0.15) is 58.2 Å². The third-order valence-corrected chi connectivity index (χ3v) is 5.57. The van der Waals surface area contributed by atoms with Crippen molar-refractivity contribution in [3.8, 4) is 22.6 Å². The largest absolute Gasteiger partial charge is 0.454 e. The highest BCUT2D eigenvalue weighted by molar-refractivity contribution is 5.81. The summed E-state index contributed by atoms with van der Waals surface area (Å²) in [4.78, 5) is 12.8. The first kappa shape index (κ1) is 25.4. The molecule has 1 aromatic heterocycles. The number of hydrogen-bond acceptors (Lipinski definition) is 2. The topological polar surface area (TPSA) is 31.2 Å². The maximum atomic E-state index is 14.3. The zero-order valence-electron chi connectivity index (χ0n) is 20.6. The average molecular weight is 468 g/mol. The highest BCUT2D eigenvalue weighted by Gasteiger charge is 2.20. The lowest BCUT2D eigenvalue weighted by atomic mass is 9.94. The van der Waals surface area contributed by atoms with E-state index in [2.05, 4.69) is 19.9 Å². The summed E-state index contributed by atoms with van der Waals surface area (Å²) >= 11 is 0. The van der Waals surface area contributed by atoms with E-state index < -0.39 is 11.6 Å². The Morgan fingerprint density at radius 2 is 1.74 bits per heavy atom. The molecule has 0 amide bonds. The van der Waals surface area contributed by atoms with Crippen molar-refractivity contribution in [1.29, 1.82) is 0 Å². The summed E-state index contributed by atoms with van der Waals surface area (Å²) < 4.78 is 35.0. The molecule has 1 fully saturated rings. The van der Waals surface area contributed by atoms with E-state index in [1.54, 1.807) is 23.9 Å². The maximum Gasteiger partial charge on any atom is 0.254 e. The van der Waals surface area contributed by atoms with Gasteiger partial charge in [-0.1, -0.05) is 51.0 Å². The van der Waals surface area contributed by atoms with E-state index >= 15 is 0 Å². The smallest absolute Gasteiger partial charge is 0.254 e. The predicted octanol–water partition coefficient (Wildman–Crippen LogP) is 8.08. The Bertz CT molecular complexity index is 1250. The van der Waals surface area contributed by atoms with Gasteiger partial charge in [0, 0.05) is 37.4 Å². The minimum absolute atomic E-state index is 0. The van der Waals surface area contributed by atoms with Gasteiger partial charge in [-0.15, -0.1) is 0 Å². The predicted molar refractivity (Wildman–Crippen MR) is 138 cm³/mol. The summed E-state index contributed by atoms with van der Waals surface area (Å²) in [6.45, 7) is 8.19. The zero-order chi connectivity index (χ0) is 24.8. The minimum Gasteiger partial charge on any atom is -0.454 e. The molecule has 182 valence electrons. The molecule has 0 N–H and O–H groups in total. The number of aromatic nitrogens is 1. The van der Waals surface area contributed by atoms with Crippen molar-refractivity contribution in [3.05, 3.63) is 87.3 Å². The molecular weight excluding hydrogens is 432 g/mol. The lowest BCUT2D eigenvalue weighted by molar-refractivity contribution is 0.439. The first-order valence-corrected chi connectivity index (χ1v) is 11.9. The van der Waals surface area contributed by atoms with Gasteiger partial charge in [-0.25, -0.2) is 8.78 Å². The number of halogens is 2. The summed E-state index contributed by atoms with van der Waals surface area (Å²) in [5.41, 5.74) is 4.18. The standard InChI is InChI=1S/C26H25F2NO2.C3H8.H2/c1-4-19-20(10-8-17-6-7-17)22(15-29(3)26(19)30)21-13-16(2)5-11-24(21)31-25-12-9-18(27)14-23(25)28;1-3-2;/h5,8-15,17H,4,6-7H2,1-3H3;3H2,1-2H3;1H/b10-8-;;. The second kappa shape index (κ2) is 11.3. The van der Waals surface area contributed by atoms with Crippen LogP contribution in [0.4, 0.5) is 8.78 Å². The summed E-state index contributed by atoms with van der Waals surface area (Å²) in [5.74, 6) is -0.481. The molecule has 0 bridgehead atoms. The molecule has 3 aromatic rings. The normalized spacial score (nSPS) is 13.0. The Balaban J connectivity index is 0.00000103. The van der Waals surface area contributed by atoms with E-state index in [0.29, 0.717) is 18.1 Å². The second-order valence-corrected chi connectivity index (χ2v) is 8.78. The Kier molecular flexibility index (Phi) is 8.43. The van der Waals surface area contributed by atoms with Gasteiger partial charge in [0.25, 0.3) is 5.56 Å². The third kappa shape index (κ3) is 6.02. The molecule has 1 heterocycles. The molecule has 1 saturated carbocycles. The molecule has 0 saturated heterocycles. The first-order valence-electron chi connectivity index (χ1n) is 11.9. The van der Waals surface area contributed by atoms with Crippen LogP contribution in [0.3, 0.4) is 0 Å². The van der Waals surface area contributed by atoms with Gasteiger partial charge in [-0.2, -0.15) is 0 Å². The first-order chi connectivity index (χ1) is 16.3. The Hall–Kier alpha value is -3.21. The van der Waals surface area contributed by atoms with Crippen LogP contribution >= 0.6 is 0 Å². The fourth-order valence-electron chi connectivity index (χ4n) is 3.70. The van der Waals surface area contributed by atoms with Gasteiger partial charge in [0.1, 0.15) is 11.6 Å². The number of benzene rings is 2. The lowest BCUT2D eigenvalue weighted by Crippen LogP contribution is -2.22. The van der Waals surface area contributed by atoms with E-state index in [1.807, 2.05) is 32.1 Å². The summed E-state index contributed by atoms with van der Waals surface area (Å²) in [5, 5.41) is 0. The molecule has 5 heteroatoms. The molecule has 0 atom stereocenters. The van der Waals surface area contributed by atoms with E-state index in [1.165, 1.54) is 25.3 Å². The van der Waals surface area contributed by atoms with Crippen LogP contribution in [0.2, 0.25) is 0 Å². The molecule has 0 unspecified atom stereocenters. The van der Waals surface area contributed by atoms with Crippen molar-refractivity contribution in [3.63, 3.8) is 0 Å². The average Bonchev–Trinajstić information content (AvgIpc) is 3.62. The maximum absolute atomic E-state index is 14.3. The fraction of sp³-hybridized carbons (Fsp3) is 0.345. The van der Waals surface area contributed by atoms with Gasteiger partial charge < -0.3 is 9.30 Å². The minimum atomic E-state index is -0.768. The van der Waals surface area contributed by atoms with Crippen molar-refractivity contribution in [1.82, 2.24) is 4.57 Å². The molecule has 0 spiro atoms. The molecule has 34 heavy (non-hydrogen) atoms. The number of ether oxygens (including phenoxy) is 1. The molecule has 1 aliphatic rings. The van der Waals surface area contributed by atoms with Crippen molar-refractivity contribution in [2.75, 3.05) is 0 Å². The molecule has 2 aromatic carbocycles. The van der Waals surface area contributed by atoms with E-state index in [9.17, 15) is 13.6 Å². The number of aryl methyl sites for hydroxylation is 2. The molecule has 0 radical (unpaired) electrons. The zero-order valence-corrected chi connectivity index (χ0v) is 20.6. The number of pyridine rings is 1. The Labute approximate surface area is 202 Å². The quantitative estimate of drug-likeness (QED) is 0.367. The van der Waals surface area contributed by atoms with Crippen LogP contribution in [-0.2, 0) is 13.5 Å². The van der Waals surface area contributed by atoms with E-state index in [-0.39, 0.29) is 12.7 Å². The summed E-state index contributed by atoms with van der Waals surface area (Å²) in [7, 11) is 1.73. The summed E-state index contributed by atoms with van der Waals surface area (Å²) in [6, 6.07) is 8.86. The third-order valence-electron chi connectivity index (χ3n) is 5.57. The van der Waals surface area contributed by atoms with Gasteiger partial charge in [-0.3, -0.25) is 4.79 Å². The number of rotatable bonds is 6. The van der Waals surface area contributed by atoms with Crippen molar-refractivity contribution in [2.45, 2.75) is 53.4 Å². The van der Waals surface area contributed by atoms with Crippen LogP contribution in [0, 0.1) is 24.5 Å². The van der Waals surface area contributed by atoms with E-state index in [0.717, 1.165) is 39.9 Å². The molecule has 0 aliphatic heterocycles. The van der Waals surface area contributed by atoms with Gasteiger partial charge >= 0.3 is 0 Å². The van der Waals surface area contributed by atoms with Crippen LogP contribution in [-0.4, -0.2) is 4.57 Å². The van der Waals surface area contributed by atoms with Crippen LogP contribution in [0.25, 0.3) is 17.2 Å². The highest BCUT2D eigenvalue weighted by atomic mass is 19.1. The highest BCUT2D eigenvalue weighted by Crippen LogP contribution is 2.39. The van der Waals surface area contributed by atoms with Gasteiger partial charge in [0.2, 0.25) is 0 Å². The van der Waals surface area contributed by atoms with Gasteiger partial charge in [0.05, 0.1) is 0 Å². The SMILES string of the molecule is CCC.CCc1c(/C=C\C2CC2)c(-c2cc(C)ccc2Oc2ccc(F)cc2F)cn(C)c1=O.[HH]. The van der Waals surface area contributed by atoms with Crippen LogP contribution < -0.4 is 10.3 Å². The number of nitrogens with zero attached hydrogens (tertiary/aromatic N) is 1. The van der Waals surface area contributed by atoms with Crippen molar-refractivity contribution >= 4 is 6.08 Å². The second-order valence-electron chi connectivity index (χ2n) is 8.78.